The molecule has 2 N–H and O–H groups in total. The number of amides is 1. The molecule has 0 unspecified atom stereocenters. The van der Waals surface area contributed by atoms with Crippen molar-refractivity contribution < 1.29 is 14.8 Å². The topological polar surface area (TPSA) is 92.5 Å². The normalized spacial score (nSPS) is 11.2. The maximum absolute atomic E-state index is 12.5. The lowest BCUT2D eigenvalue weighted by Crippen LogP contribution is -2.17. The molecule has 0 atom stereocenters. The lowest BCUT2D eigenvalue weighted by atomic mass is 9.85. The molecule has 2 aromatic rings. The Morgan fingerprint density at radius 3 is 2.46 bits per heavy atom. The monoisotopic (exact) mass is 348 g/mol. The number of nitrogens with zero attached hydrogens (tertiary/aromatic N) is 1. The molecule has 24 heavy (non-hydrogen) atoms. The predicted octanol–water partition coefficient (Wildman–Crippen LogP) is 4.50. The standard InChI is InChI=1S/C17H17ClN2O4/c1-17(2,3)12-9-10(18)8-11(15(12)21)16(22)19-13-6-4-5-7-14(13)20(23)24/h4-9,21H,1-3H3,(H,19,22). The van der Waals surface area contributed by atoms with Gasteiger partial charge in [0.1, 0.15) is 11.4 Å². The van der Waals surface area contributed by atoms with Crippen molar-refractivity contribution in [3.8, 4) is 5.75 Å². The van der Waals surface area contributed by atoms with Gasteiger partial charge in [0.05, 0.1) is 10.5 Å². The molecule has 0 aliphatic carbocycles. The minimum atomic E-state index is -0.671. The molecule has 0 bridgehead atoms. The third kappa shape index (κ3) is 3.65. The summed E-state index contributed by atoms with van der Waals surface area (Å²) in [6.45, 7) is 5.63. The summed E-state index contributed by atoms with van der Waals surface area (Å²) in [4.78, 5) is 22.9. The fourth-order valence-electron chi connectivity index (χ4n) is 2.27. The van der Waals surface area contributed by atoms with Crippen LogP contribution < -0.4 is 5.32 Å². The highest BCUT2D eigenvalue weighted by atomic mass is 35.5. The van der Waals surface area contributed by atoms with E-state index in [0.29, 0.717) is 10.6 Å². The number of para-hydroxylation sites is 2. The molecule has 0 heterocycles. The molecule has 2 aromatic carbocycles. The average molecular weight is 349 g/mol. The van der Waals surface area contributed by atoms with Gasteiger partial charge in [-0.25, -0.2) is 0 Å². The molecular weight excluding hydrogens is 332 g/mol. The Balaban J connectivity index is 2.45. The van der Waals surface area contributed by atoms with Crippen LogP contribution >= 0.6 is 11.6 Å². The number of carbonyl (C=O) groups is 1. The summed E-state index contributed by atoms with van der Waals surface area (Å²) < 4.78 is 0. The number of anilines is 1. The van der Waals surface area contributed by atoms with Crippen LogP contribution in [-0.4, -0.2) is 15.9 Å². The van der Waals surface area contributed by atoms with Crippen molar-refractivity contribution in [3.05, 3.63) is 62.7 Å². The molecule has 2 rings (SSSR count). The average Bonchev–Trinajstić information content (AvgIpc) is 2.48. The van der Waals surface area contributed by atoms with Crippen LogP contribution in [0.5, 0.6) is 5.75 Å². The first-order chi connectivity index (χ1) is 11.1. The largest absolute Gasteiger partial charge is 0.507 e. The number of nitrogens with one attached hydrogen (secondary N) is 1. The van der Waals surface area contributed by atoms with Crippen molar-refractivity contribution in [2.45, 2.75) is 26.2 Å². The van der Waals surface area contributed by atoms with Gasteiger partial charge in [-0.1, -0.05) is 44.5 Å². The lowest BCUT2D eigenvalue weighted by Gasteiger charge is -2.22. The minimum absolute atomic E-state index is 0.0365. The number of carbonyl (C=O) groups excluding carboxylic acids is 1. The summed E-state index contributed by atoms with van der Waals surface area (Å²) in [7, 11) is 0. The third-order valence-electron chi connectivity index (χ3n) is 3.48. The molecule has 7 heteroatoms. The van der Waals surface area contributed by atoms with Crippen LogP contribution in [0.2, 0.25) is 5.02 Å². The number of halogens is 1. The summed E-state index contributed by atoms with van der Waals surface area (Å²) in [6.07, 6.45) is 0. The number of benzene rings is 2. The smallest absolute Gasteiger partial charge is 0.292 e. The van der Waals surface area contributed by atoms with Gasteiger partial charge in [0, 0.05) is 16.7 Å². The third-order valence-corrected chi connectivity index (χ3v) is 3.69. The number of aromatic hydroxyl groups is 1. The molecule has 1 amide bonds. The van der Waals surface area contributed by atoms with Gasteiger partial charge in [-0.3, -0.25) is 14.9 Å². The van der Waals surface area contributed by atoms with Gasteiger partial charge in [0.2, 0.25) is 0 Å². The van der Waals surface area contributed by atoms with Crippen molar-refractivity contribution in [2.75, 3.05) is 5.32 Å². The van der Waals surface area contributed by atoms with E-state index >= 15 is 0 Å². The summed E-state index contributed by atoms with van der Waals surface area (Å²) in [6, 6.07) is 8.70. The Morgan fingerprint density at radius 2 is 1.88 bits per heavy atom. The molecule has 0 fully saturated rings. The summed E-state index contributed by atoms with van der Waals surface area (Å²) in [5, 5.41) is 24.2. The first kappa shape index (κ1) is 17.7. The van der Waals surface area contributed by atoms with Gasteiger partial charge in [-0.15, -0.1) is 0 Å². The Morgan fingerprint density at radius 1 is 1.25 bits per heavy atom. The van der Waals surface area contributed by atoms with E-state index in [1.165, 1.54) is 24.3 Å². The van der Waals surface area contributed by atoms with E-state index in [1.807, 2.05) is 20.8 Å². The number of hydrogen-bond acceptors (Lipinski definition) is 4. The van der Waals surface area contributed by atoms with Crippen LogP contribution in [-0.2, 0) is 5.41 Å². The Hall–Kier alpha value is -2.60. The van der Waals surface area contributed by atoms with E-state index in [2.05, 4.69) is 5.32 Å². The van der Waals surface area contributed by atoms with E-state index < -0.39 is 16.2 Å². The number of rotatable bonds is 3. The molecular formula is C17H17ClN2O4. The van der Waals surface area contributed by atoms with Crippen molar-refractivity contribution in [1.29, 1.82) is 0 Å². The summed E-state index contributed by atoms with van der Waals surface area (Å²) in [5.74, 6) is -0.863. The first-order valence-electron chi connectivity index (χ1n) is 7.19. The Labute approximate surface area is 144 Å². The highest BCUT2D eigenvalue weighted by Gasteiger charge is 2.25. The minimum Gasteiger partial charge on any atom is -0.507 e. The van der Waals surface area contributed by atoms with Crippen molar-refractivity contribution in [2.24, 2.45) is 0 Å². The molecule has 0 aromatic heterocycles. The molecule has 6 nitrogen and oxygen atoms in total. The quantitative estimate of drug-likeness (QED) is 0.630. The zero-order valence-corrected chi connectivity index (χ0v) is 14.2. The van der Waals surface area contributed by atoms with Gasteiger partial charge in [0.15, 0.2) is 0 Å². The summed E-state index contributed by atoms with van der Waals surface area (Å²) in [5.41, 5.74) is -0.135. The highest BCUT2D eigenvalue weighted by Crippen LogP contribution is 2.36. The number of hydrogen-bond donors (Lipinski definition) is 2. The van der Waals surface area contributed by atoms with Crippen LogP contribution in [0, 0.1) is 10.1 Å². The molecule has 0 aliphatic heterocycles. The van der Waals surface area contributed by atoms with E-state index in [4.69, 9.17) is 11.6 Å². The van der Waals surface area contributed by atoms with Crippen LogP contribution in [0.4, 0.5) is 11.4 Å². The fraction of sp³-hybridized carbons (Fsp3) is 0.235. The second-order valence-electron chi connectivity index (χ2n) is 6.33. The second-order valence-corrected chi connectivity index (χ2v) is 6.76. The predicted molar refractivity (Wildman–Crippen MR) is 92.9 cm³/mol. The van der Waals surface area contributed by atoms with E-state index in [0.717, 1.165) is 0 Å². The van der Waals surface area contributed by atoms with Gasteiger partial charge < -0.3 is 10.4 Å². The van der Waals surface area contributed by atoms with E-state index in [-0.39, 0.29) is 22.7 Å². The number of phenolic OH excluding ortho intramolecular Hbond substituents is 1. The van der Waals surface area contributed by atoms with Crippen LogP contribution in [0.15, 0.2) is 36.4 Å². The van der Waals surface area contributed by atoms with Crippen molar-refractivity contribution in [1.82, 2.24) is 0 Å². The SMILES string of the molecule is CC(C)(C)c1cc(Cl)cc(C(=O)Nc2ccccc2[N+](=O)[O-])c1O. The van der Waals surface area contributed by atoms with E-state index in [1.54, 1.807) is 12.1 Å². The number of nitro groups is 1. The zero-order chi connectivity index (χ0) is 18.1. The molecule has 0 radical (unpaired) electrons. The lowest BCUT2D eigenvalue weighted by molar-refractivity contribution is -0.383. The Kier molecular flexibility index (Phi) is 4.80. The molecule has 0 aliphatic rings. The maximum atomic E-state index is 12.5. The maximum Gasteiger partial charge on any atom is 0.292 e. The van der Waals surface area contributed by atoms with E-state index in [9.17, 15) is 20.0 Å². The first-order valence-corrected chi connectivity index (χ1v) is 7.57. The highest BCUT2D eigenvalue weighted by molar-refractivity contribution is 6.31. The fourth-order valence-corrected chi connectivity index (χ4v) is 2.49. The second kappa shape index (κ2) is 6.49. The zero-order valence-electron chi connectivity index (χ0n) is 13.5. The van der Waals surface area contributed by atoms with Gasteiger partial charge in [-0.05, 0) is 23.6 Å². The van der Waals surface area contributed by atoms with Crippen molar-refractivity contribution in [3.63, 3.8) is 0 Å². The molecule has 0 spiro atoms. The Bertz CT molecular complexity index is 813. The molecule has 126 valence electrons. The van der Waals surface area contributed by atoms with Gasteiger partial charge in [0.25, 0.3) is 11.6 Å². The van der Waals surface area contributed by atoms with Gasteiger partial charge >= 0.3 is 0 Å². The number of nitro benzene ring substituents is 1. The number of phenols is 1. The van der Waals surface area contributed by atoms with Crippen LogP contribution in [0.3, 0.4) is 0 Å². The van der Waals surface area contributed by atoms with Crippen LogP contribution in [0.1, 0.15) is 36.7 Å². The van der Waals surface area contributed by atoms with Crippen LogP contribution in [0.25, 0.3) is 0 Å². The van der Waals surface area contributed by atoms with Gasteiger partial charge in [-0.2, -0.15) is 0 Å². The molecule has 0 saturated heterocycles. The van der Waals surface area contributed by atoms with Crippen molar-refractivity contribution >= 4 is 28.9 Å². The molecule has 0 saturated carbocycles. The summed E-state index contributed by atoms with van der Waals surface area (Å²) >= 11 is 6.06.